The Balaban J connectivity index is 1.37. The lowest BCUT2D eigenvalue weighted by atomic mass is 9.34. The number of hydrogen-bond acceptors (Lipinski definition) is 3. The van der Waals surface area contributed by atoms with Gasteiger partial charge in [0.1, 0.15) is 0 Å². The van der Waals surface area contributed by atoms with Crippen molar-refractivity contribution in [3.8, 4) is 0 Å². The Bertz CT molecular complexity index is 1340. The van der Waals surface area contributed by atoms with Gasteiger partial charge in [-0.05, 0) is 125 Å². The monoisotopic (exact) mass is 572 g/mol. The maximum atomic E-state index is 12.4. The van der Waals surface area contributed by atoms with Crippen LogP contribution in [-0.2, 0) is 9.53 Å². The number of aliphatic carboxylic acids is 1. The van der Waals surface area contributed by atoms with Crippen molar-refractivity contribution in [2.45, 2.75) is 93.4 Å². The van der Waals surface area contributed by atoms with Crippen LogP contribution in [0, 0.1) is 63.1 Å². The molecule has 1 N–H and O–H groups in total. The lowest BCUT2D eigenvalue weighted by Gasteiger charge is -2.70. The third-order valence-electron chi connectivity index (χ3n) is 14.4. The van der Waals surface area contributed by atoms with Gasteiger partial charge >= 0.3 is 11.9 Å². The summed E-state index contributed by atoms with van der Waals surface area (Å²) in [5.41, 5.74) is 5.39. The Morgan fingerprint density at radius 2 is 1.62 bits per heavy atom. The number of methoxy groups -OCH3 is 1. The molecular weight excluding hydrogens is 520 g/mol. The lowest BCUT2D eigenvalue weighted by Crippen LogP contribution is -2.62. The molecule has 10 atom stereocenters. The number of carboxylic acid groups (broad SMARTS) is 1. The van der Waals surface area contributed by atoms with Gasteiger partial charge in [-0.1, -0.05) is 78.3 Å². The normalized spacial score (nSPS) is 43.9. The number of benzene rings is 1. The summed E-state index contributed by atoms with van der Waals surface area (Å²) in [7, 11) is 1.43. The van der Waals surface area contributed by atoms with Gasteiger partial charge in [-0.25, -0.2) is 4.79 Å². The van der Waals surface area contributed by atoms with Crippen molar-refractivity contribution < 1.29 is 19.4 Å². The summed E-state index contributed by atoms with van der Waals surface area (Å²) in [6.07, 6.45) is 12.8. The van der Waals surface area contributed by atoms with Crippen molar-refractivity contribution in [3.63, 3.8) is 0 Å². The number of esters is 1. The third-order valence-corrected chi connectivity index (χ3v) is 14.4. The van der Waals surface area contributed by atoms with Crippen LogP contribution in [0.1, 0.15) is 109 Å². The number of carbonyl (C=O) groups is 2. The minimum Gasteiger partial charge on any atom is -0.481 e. The maximum absolute atomic E-state index is 12.4. The molecule has 3 fully saturated rings. The molecule has 0 amide bonds. The Labute approximate surface area is 253 Å². The highest BCUT2D eigenvalue weighted by Crippen LogP contribution is 2.75. The fourth-order valence-corrected chi connectivity index (χ4v) is 11.9. The van der Waals surface area contributed by atoms with Gasteiger partial charge in [0.05, 0.1) is 18.6 Å². The first-order valence-corrected chi connectivity index (χ1v) is 16.5. The highest BCUT2D eigenvalue weighted by molar-refractivity contribution is 5.90. The average Bonchev–Trinajstić information content (AvgIpc) is 2.94. The van der Waals surface area contributed by atoms with E-state index in [-0.39, 0.29) is 39.5 Å². The van der Waals surface area contributed by atoms with E-state index in [2.05, 4.69) is 72.8 Å². The van der Waals surface area contributed by atoms with Crippen LogP contribution in [-0.4, -0.2) is 24.2 Å². The van der Waals surface area contributed by atoms with Crippen molar-refractivity contribution in [3.05, 3.63) is 53.1 Å². The topological polar surface area (TPSA) is 63.6 Å². The van der Waals surface area contributed by atoms with Gasteiger partial charge < -0.3 is 9.84 Å². The third kappa shape index (κ3) is 3.91. The van der Waals surface area contributed by atoms with Crippen molar-refractivity contribution >= 4 is 17.5 Å². The molecule has 42 heavy (non-hydrogen) atoms. The first-order chi connectivity index (χ1) is 19.7. The molecule has 1 aromatic rings. The van der Waals surface area contributed by atoms with Crippen LogP contribution in [0.3, 0.4) is 0 Å². The maximum Gasteiger partial charge on any atom is 0.337 e. The van der Waals surface area contributed by atoms with Gasteiger partial charge in [0.25, 0.3) is 0 Å². The summed E-state index contributed by atoms with van der Waals surface area (Å²) in [6.45, 7) is 17.4. The van der Waals surface area contributed by atoms with Crippen molar-refractivity contribution in [1.82, 2.24) is 0 Å². The van der Waals surface area contributed by atoms with Gasteiger partial charge in [0, 0.05) is 0 Å². The summed E-state index contributed by atoms with van der Waals surface area (Å²) in [6, 6.07) is 8.00. The quantitative estimate of drug-likeness (QED) is 0.290. The molecule has 228 valence electrons. The summed E-state index contributed by atoms with van der Waals surface area (Å²) in [4.78, 5) is 24.4. The molecule has 0 spiro atoms. The van der Waals surface area contributed by atoms with Gasteiger partial charge in [-0.3, -0.25) is 4.79 Å². The van der Waals surface area contributed by atoms with E-state index in [1.165, 1.54) is 31.1 Å². The molecule has 5 aliphatic carbocycles. The largest absolute Gasteiger partial charge is 0.481 e. The summed E-state index contributed by atoms with van der Waals surface area (Å²) >= 11 is 0. The SMILES string of the molecule is COC(=O)c1ccc(C2=CC[C@]3(C)[C@H]4CC=C5[C@H]6[C@@H](C)[C@H](C)C[C@@H](C(=O)O)[C@H]6CC[C@@]5(C)[C@]4(C)CC[C@H]3C2(C)C)cc1. The van der Waals surface area contributed by atoms with E-state index >= 15 is 0 Å². The molecule has 0 radical (unpaired) electrons. The first-order valence-electron chi connectivity index (χ1n) is 16.5. The van der Waals surface area contributed by atoms with E-state index in [0.717, 1.165) is 32.1 Å². The summed E-state index contributed by atoms with van der Waals surface area (Å²) in [5.74, 6) is 1.77. The summed E-state index contributed by atoms with van der Waals surface area (Å²) < 4.78 is 4.92. The molecule has 4 heteroatoms. The number of carbonyl (C=O) groups excluding carboxylic acids is 1. The number of rotatable bonds is 3. The van der Waals surface area contributed by atoms with Gasteiger partial charge in [-0.2, -0.15) is 0 Å². The van der Waals surface area contributed by atoms with E-state index in [4.69, 9.17) is 4.74 Å². The highest BCUT2D eigenvalue weighted by atomic mass is 16.5. The lowest BCUT2D eigenvalue weighted by molar-refractivity contribution is -0.163. The molecule has 0 unspecified atom stereocenters. The molecule has 1 aromatic carbocycles. The van der Waals surface area contributed by atoms with Crippen LogP contribution >= 0.6 is 0 Å². The fraction of sp³-hybridized carbons (Fsp3) is 0.684. The van der Waals surface area contributed by atoms with Crippen molar-refractivity contribution in [1.29, 1.82) is 0 Å². The second kappa shape index (κ2) is 9.83. The van der Waals surface area contributed by atoms with Crippen LogP contribution in [0.4, 0.5) is 0 Å². The van der Waals surface area contributed by atoms with E-state index < -0.39 is 5.97 Å². The number of fused-ring (bicyclic) bond motifs is 7. The van der Waals surface area contributed by atoms with Gasteiger partial charge in [0.2, 0.25) is 0 Å². The Morgan fingerprint density at radius 3 is 2.26 bits per heavy atom. The molecule has 0 saturated heterocycles. The molecule has 3 saturated carbocycles. The van der Waals surface area contributed by atoms with Crippen molar-refractivity contribution in [2.24, 2.45) is 63.1 Å². The second-order valence-corrected chi connectivity index (χ2v) is 16.2. The molecule has 6 rings (SSSR count). The van der Waals surface area contributed by atoms with Crippen LogP contribution in [0.15, 0.2) is 42.0 Å². The van der Waals surface area contributed by atoms with E-state index in [9.17, 15) is 14.7 Å². The first kappa shape index (κ1) is 29.7. The molecule has 0 bridgehead atoms. The Hall–Kier alpha value is -2.36. The number of carboxylic acids is 1. The standard InChI is InChI=1S/C38H52O4/c1-22-21-27(33(39)40)26-15-19-37(6)29(32(26)23(22)2)13-14-31-36(5)18-16-28(24-9-11-25(12-10-24)34(41)42-8)35(3,4)30(36)17-20-38(31,37)7/h9-13,16,22-23,26-27,30-32H,14-15,17-21H2,1-8H3,(H,39,40)/t22-,23+,26-,27-,30+,31-,32+,36+,37-,38-/m1/s1. The minimum atomic E-state index is -0.576. The van der Waals surface area contributed by atoms with E-state index in [1.54, 1.807) is 5.57 Å². The summed E-state index contributed by atoms with van der Waals surface area (Å²) in [5, 5.41) is 10.2. The second-order valence-electron chi connectivity index (χ2n) is 16.2. The van der Waals surface area contributed by atoms with Crippen LogP contribution in [0.5, 0.6) is 0 Å². The zero-order chi connectivity index (χ0) is 30.4. The van der Waals surface area contributed by atoms with Crippen LogP contribution in [0.2, 0.25) is 0 Å². The zero-order valence-electron chi connectivity index (χ0n) is 27.1. The number of ether oxygens (including phenoxy) is 1. The Kier molecular flexibility index (Phi) is 6.95. The average molecular weight is 573 g/mol. The van der Waals surface area contributed by atoms with Crippen LogP contribution in [0.25, 0.3) is 5.57 Å². The predicted octanol–water partition coefficient (Wildman–Crippen LogP) is 9.06. The highest BCUT2D eigenvalue weighted by Gasteiger charge is 2.67. The number of allylic oxidation sites excluding steroid dienone is 4. The molecule has 0 aromatic heterocycles. The van der Waals surface area contributed by atoms with Gasteiger partial charge in [0.15, 0.2) is 0 Å². The molecular formula is C38H52O4. The Morgan fingerprint density at radius 1 is 0.929 bits per heavy atom. The van der Waals surface area contributed by atoms with Crippen molar-refractivity contribution in [2.75, 3.05) is 7.11 Å². The molecule has 0 aliphatic heterocycles. The van der Waals surface area contributed by atoms with Crippen LogP contribution < -0.4 is 0 Å². The van der Waals surface area contributed by atoms with E-state index in [1.807, 2.05) is 12.1 Å². The zero-order valence-corrected chi connectivity index (χ0v) is 27.1. The number of hydrogen-bond donors (Lipinski definition) is 1. The predicted molar refractivity (Wildman–Crippen MR) is 168 cm³/mol. The molecule has 0 heterocycles. The molecule has 5 aliphatic rings. The smallest absolute Gasteiger partial charge is 0.337 e. The fourth-order valence-electron chi connectivity index (χ4n) is 11.9. The van der Waals surface area contributed by atoms with Gasteiger partial charge in [-0.15, -0.1) is 0 Å². The minimum absolute atomic E-state index is 0.0195. The molecule has 4 nitrogen and oxygen atoms in total. The van der Waals surface area contributed by atoms with E-state index in [0.29, 0.717) is 35.2 Å².